The van der Waals surface area contributed by atoms with Crippen molar-refractivity contribution in [3.8, 4) is 0 Å². The molecule has 6 nitrogen and oxygen atoms in total. The highest BCUT2D eigenvalue weighted by Crippen LogP contribution is 2.24. The second kappa shape index (κ2) is 8.81. The van der Waals surface area contributed by atoms with Crippen molar-refractivity contribution in [1.29, 1.82) is 0 Å². The summed E-state index contributed by atoms with van der Waals surface area (Å²) < 4.78 is 0. The van der Waals surface area contributed by atoms with E-state index in [4.69, 9.17) is 5.73 Å². The number of benzene rings is 2. The number of carbonyl (C=O) groups is 1. The van der Waals surface area contributed by atoms with Gasteiger partial charge in [-0.05, 0) is 29.0 Å². The van der Waals surface area contributed by atoms with E-state index in [-0.39, 0.29) is 17.4 Å². The van der Waals surface area contributed by atoms with Crippen LogP contribution in [0.3, 0.4) is 0 Å². The maximum atomic E-state index is 13.0. The molecule has 0 spiro atoms. The Kier molecular flexibility index (Phi) is 6.12. The molecular formula is C25H33N5O. The van der Waals surface area contributed by atoms with Gasteiger partial charge in [-0.15, -0.1) is 0 Å². The lowest BCUT2D eigenvalue weighted by molar-refractivity contribution is -0.124. The summed E-state index contributed by atoms with van der Waals surface area (Å²) in [7, 11) is 0. The van der Waals surface area contributed by atoms with E-state index in [2.05, 4.69) is 65.5 Å². The molecule has 1 amide bonds. The Balaban J connectivity index is 1.41. The number of rotatable bonds is 6. The van der Waals surface area contributed by atoms with Crippen molar-refractivity contribution in [1.82, 2.24) is 20.4 Å². The van der Waals surface area contributed by atoms with Gasteiger partial charge < -0.3 is 11.1 Å². The molecule has 1 aromatic heterocycles. The highest BCUT2D eigenvalue weighted by atomic mass is 16.2. The molecule has 1 aliphatic rings. The number of amides is 1. The van der Waals surface area contributed by atoms with Crippen molar-refractivity contribution in [2.75, 3.05) is 13.1 Å². The molecule has 0 saturated heterocycles. The molecule has 0 aliphatic carbocycles. The lowest BCUT2D eigenvalue weighted by Crippen LogP contribution is -2.55. The fourth-order valence-corrected chi connectivity index (χ4v) is 4.27. The summed E-state index contributed by atoms with van der Waals surface area (Å²) in [6, 6.07) is 15.9. The Morgan fingerprint density at radius 2 is 1.87 bits per heavy atom. The number of carbonyl (C=O) groups excluding carboxylic acids is 1. The Morgan fingerprint density at radius 1 is 1.16 bits per heavy atom. The van der Waals surface area contributed by atoms with Gasteiger partial charge in [-0.25, -0.2) is 0 Å². The molecule has 31 heavy (non-hydrogen) atoms. The summed E-state index contributed by atoms with van der Waals surface area (Å²) in [5, 5.41) is 11.6. The van der Waals surface area contributed by atoms with Gasteiger partial charge in [0.15, 0.2) is 0 Å². The minimum absolute atomic E-state index is 0.00910. The predicted octanol–water partition coefficient (Wildman–Crippen LogP) is 3.02. The van der Waals surface area contributed by atoms with Crippen molar-refractivity contribution in [3.05, 3.63) is 65.4 Å². The third-order valence-electron chi connectivity index (χ3n) is 6.31. The number of H-pyrrole nitrogens is 1. The Labute approximate surface area is 184 Å². The van der Waals surface area contributed by atoms with Crippen LogP contribution in [0, 0.1) is 5.41 Å². The number of nitrogens with zero attached hydrogens (tertiary/aromatic N) is 2. The second-order valence-electron chi connectivity index (χ2n) is 9.71. The molecule has 2 aromatic carbocycles. The monoisotopic (exact) mass is 419 g/mol. The van der Waals surface area contributed by atoms with Crippen LogP contribution in [0.15, 0.2) is 48.5 Å². The zero-order valence-electron chi connectivity index (χ0n) is 18.7. The first-order valence-electron chi connectivity index (χ1n) is 11.1. The highest BCUT2D eigenvalue weighted by molar-refractivity contribution is 5.85. The average molecular weight is 420 g/mol. The minimum atomic E-state index is -0.629. The first-order valence-corrected chi connectivity index (χ1v) is 11.1. The molecule has 2 heterocycles. The van der Waals surface area contributed by atoms with Crippen LogP contribution in [-0.4, -0.2) is 46.2 Å². The Morgan fingerprint density at radius 3 is 2.65 bits per heavy atom. The molecule has 1 aliphatic heterocycles. The maximum Gasteiger partial charge on any atom is 0.237 e. The Hall–Kier alpha value is -2.70. The fraction of sp³-hybridized carbons (Fsp3) is 0.440. The summed E-state index contributed by atoms with van der Waals surface area (Å²) in [6.07, 6.45) is 1.48. The average Bonchev–Trinajstić information content (AvgIpc) is 3.15. The molecule has 2 unspecified atom stereocenters. The number of nitrogens with one attached hydrogen (secondary N) is 2. The summed E-state index contributed by atoms with van der Waals surface area (Å²) in [5.41, 5.74) is 10.8. The molecule has 0 bridgehead atoms. The number of hydrogen-bond donors (Lipinski definition) is 3. The molecule has 164 valence electrons. The van der Waals surface area contributed by atoms with Crippen LogP contribution in [0.1, 0.15) is 37.6 Å². The van der Waals surface area contributed by atoms with Crippen LogP contribution in [0.2, 0.25) is 0 Å². The molecule has 2 atom stereocenters. The fourth-order valence-electron chi connectivity index (χ4n) is 4.27. The van der Waals surface area contributed by atoms with Gasteiger partial charge in [-0.3, -0.25) is 14.8 Å². The summed E-state index contributed by atoms with van der Waals surface area (Å²) >= 11 is 0. The summed E-state index contributed by atoms with van der Waals surface area (Å²) in [5.74, 6) is -0.115. The van der Waals surface area contributed by atoms with Crippen LogP contribution in [0.25, 0.3) is 10.9 Å². The van der Waals surface area contributed by atoms with Crippen molar-refractivity contribution in [3.63, 3.8) is 0 Å². The van der Waals surface area contributed by atoms with Gasteiger partial charge in [0.2, 0.25) is 5.91 Å². The van der Waals surface area contributed by atoms with E-state index in [9.17, 15) is 4.79 Å². The smallest absolute Gasteiger partial charge is 0.237 e. The second-order valence-corrected chi connectivity index (χ2v) is 9.71. The lowest BCUT2D eigenvalue weighted by Gasteiger charge is -2.38. The number of fused-ring (bicyclic) bond motifs is 2. The molecule has 4 N–H and O–H groups in total. The summed E-state index contributed by atoms with van der Waals surface area (Å²) in [4.78, 5) is 15.5. The third kappa shape index (κ3) is 4.97. The maximum absolute atomic E-state index is 13.0. The van der Waals surface area contributed by atoms with Crippen LogP contribution in [-0.2, 0) is 24.2 Å². The molecule has 0 saturated carbocycles. The molecule has 0 fully saturated rings. The molecule has 0 radical (unpaired) electrons. The van der Waals surface area contributed by atoms with Crippen molar-refractivity contribution < 1.29 is 4.79 Å². The zero-order chi connectivity index (χ0) is 22.0. The van der Waals surface area contributed by atoms with Crippen molar-refractivity contribution in [2.45, 2.75) is 52.2 Å². The van der Waals surface area contributed by atoms with E-state index in [1.165, 1.54) is 11.1 Å². The Bertz CT molecular complexity index is 1050. The zero-order valence-corrected chi connectivity index (χ0v) is 18.7. The van der Waals surface area contributed by atoms with Gasteiger partial charge in [0.25, 0.3) is 0 Å². The topological polar surface area (TPSA) is 87.0 Å². The first kappa shape index (κ1) is 21.5. The predicted molar refractivity (Wildman–Crippen MR) is 125 cm³/mol. The molecule has 6 heteroatoms. The largest absolute Gasteiger partial charge is 0.350 e. The molecule has 3 aromatic rings. The van der Waals surface area contributed by atoms with Crippen molar-refractivity contribution in [2.24, 2.45) is 11.1 Å². The SMILES string of the molecule is CC(C)(C)C(CN1CCc2ccccc2C1)NC(=O)C(N)Cc1[nH]nc2ccccc12. The number of aromatic nitrogens is 2. The van der Waals surface area contributed by atoms with E-state index >= 15 is 0 Å². The van der Waals surface area contributed by atoms with Gasteiger partial charge in [0.05, 0.1) is 11.6 Å². The quantitative estimate of drug-likeness (QED) is 0.573. The van der Waals surface area contributed by atoms with Crippen LogP contribution in [0.5, 0.6) is 0 Å². The molecule has 4 rings (SSSR count). The third-order valence-corrected chi connectivity index (χ3v) is 6.31. The number of nitrogens with two attached hydrogens (primary N) is 1. The number of hydrogen-bond acceptors (Lipinski definition) is 4. The van der Waals surface area contributed by atoms with Gasteiger partial charge >= 0.3 is 0 Å². The minimum Gasteiger partial charge on any atom is -0.350 e. The van der Waals surface area contributed by atoms with Gasteiger partial charge in [-0.1, -0.05) is 63.2 Å². The normalized spacial score (nSPS) is 16.6. The van der Waals surface area contributed by atoms with Gasteiger partial charge in [-0.2, -0.15) is 5.10 Å². The van der Waals surface area contributed by atoms with Crippen LogP contribution < -0.4 is 11.1 Å². The van der Waals surface area contributed by atoms with Gasteiger partial charge in [0.1, 0.15) is 0 Å². The van der Waals surface area contributed by atoms with E-state index in [1.54, 1.807) is 0 Å². The highest BCUT2D eigenvalue weighted by Gasteiger charge is 2.31. The lowest BCUT2D eigenvalue weighted by atomic mass is 9.85. The van der Waals surface area contributed by atoms with Crippen LogP contribution in [0.4, 0.5) is 0 Å². The van der Waals surface area contributed by atoms with E-state index < -0.39 is 6.04 Å². The summed E-state index contributed by atoms with van der Waals surface area (Å²) in [6.45, 7) is 9.25. The van der Waals surface area contributed by atoms with Gasteiger partial charge in [0, 0.05) is 43.2 Å². The van der Waals surface area contributed by atoms with E-state index in [0.29, 0.717) is 6.42 Å². The number of aromatic amines is 1. The standard InChI is InChI=1S/C25H33N5O/c1-25(2,3)23(16-30-13-12-17-8-4-5-9-18(17)15-30)27-24(31)20(26)14-22-19-10-6-7-11-21(19)28-29-22/h4-11,20,23H,12-16,26H2,1-3H3,(H,27,31)(H,28,29). The van der Waals surface area contributed by atoms with E-state index in [1.807, 2.05) is 24.3 Å². The number of para-hydroxylation sites is 1. The van der Waals surface area contributed by atoms with Crippen molar-refractivity contribution >= 4 is 16.8 Å². The first-order chi connectivity index (χ1) is 14.8. The molecular weight excluding hydrogens is 386 g/mol. The van der Waals surface area contributed by atoms with Crippen LogP contribution >= 0.6 is 0 Å². The van der Waals surface area contributed by atoms with E-state index in [0.717, 1.165) is 42.7 Å².